The van der Waals surface area contributed by atoms with E-state index in [9.17, 15) is 0 Å². The summed E-state index contributed by atoms with van der Waals surface area (Å²) in [5.41, 5.74) is 0. The van der Waals surface area contributed by atoms with Crippen molar-refractivity contribution >= 4 is 0 Å². The zero-order valence-electron chi connectivity index (χ0n) is 19.6. The topological polar surface area (TPSA) is 0 Å². The second-order valence-corrected chi connectivity index (χ2v) is 11.9. The lowest BCUT2D eigenvalue weighted by molar-refractivity contribution is 0.0561. The molecule has 0 spiro atoms. The van der Waals surface area contributed by atoms with Crippen molar-refractivity contribution in [2.24, 2.45) is 47.3 Å². The standard InChI is InChI=1S/C29H50/c1-3-5-23-12-15-26(16-13-23)28-19-18-27-20-25(14-17-29(27)21-28)11-10-24-8-6-22(4-2)7-9-24/h4,22-29H,2-3,5-21H2,1H3. The molecule has 0 heterocycles. The second kappa shape index (κ2) is 10.9. The summed E-state index contributed by atoms with van der Waals surface area (Å²) in [6, 6.07) is 0. The van der Waals surface area contributed by atoms with Gasteiger partial charge in [-0.25, -0.2) is 0 Å². The van der Waals surface area contributed by atoms with E-state index >= 15 is 0 Å². The predicted molar refractivity (Wildman–Crippen MR) is 127 cm³/mol. The highest BCUT2D eigenvalue weighted by molar-refractivity contribution is 4.90. The van der Waals surface area contributed by atoms with E-state index in [1.807, 2.05) is 0 Å². The predicted octanol–water partition coefficient (Wildman–Crippen LogP) is 9.20. The van der Waals surface area contributed by atoms with Gasteiger partial charge >= 0.3 is 0 Å². The fourth-order valence-corrected chi connectivity index (χ4v) is 8.25. The van der Waals surface area contributed by atoms with Crippen LogP contribution in [0.2, 0.25) is 0 Å². The zero-order chi connectivity index (χ0) is 20.1. The highest BCUT2D eigenvalue weighted by Gasteiger charge is 2.38. The largest absolute Gasteiger partial charge is 0.103 e. The van der Waals surface area contributed by atoms with Gasteiger partial charge in [0.25, 0.3) is 0 Å². The summed E-state index contributed by atoms with van der Waals surface area (Å²) < 4.78 is 0. The molecule has 4 atom stereocenters. The van der Waals surface area contributed by atoms with Crippen LogP contribution in [0.4, 0.5) is 0 Å². The first kappa shape index (κ1) is 22.0. The van der Waals surface area contributed by atoms with E-state index in [0.29, 0.717) is 0 Å². The molecular formula is C29H50. The van der Waals surface area contributed by atoms with Gasteiger partial charge in [-0.3, -0.25) is 0 Å². The molecule has 0 aromatic carbocycles. The van der Waals surface area contributed by atoms with Crippen molar-refractivity contribution in [1.82, 2.24) is 0 Å². The van der Waals surface area contributed by atoms with E-state index in [1.54, 1.807) is 70.6 Å². The van der Waals surface area contributed by atoms with E-state index in [0.717, 1.165) is 47.3 Å². The first-order valence-corrected chi connectivity index (χ1v) is 13.9. The van der Waals surface area contributed by atoms with Gasteiger partial charge in [0, 0.05) is 0 Å². The number of rotatable bonds is 7. The molecule has 0 N–H and O–H groups in total. The van der Waals surface area contributed by atoms with E-state index in [-0.39, 0.29) is 0 Å². The molecule has 4 unspecified atom stereocenters. The third-order valence-corrected chi connectivity index (χ3v) is 10.2. The maximum atomic E-state index is 4.01. The summed E-state index contributed by atoms with van der Waals surface area (Å²) in [6.45, 7) is 6.38. The van der Waals surface area contributed by atoms with Gasteiger partial charge < -0.3 is 0 Å². The number of allylic oxidation sites excluding steroid dienone is 1. The Morgan fingerprint density at radius 1 is 0.552 bits per heavy atom. The summed E-state index contributed by atoms with van der Waals surface area (Å²) in [7, 11) is 0. The summed E-state index contributed by atoms with van der Waals surface area (Å²) in [5, 5.41) is 0. The lowest BCUT2D eigenvalue weighted by Crippen LogP contribution is -2.34. The lowest BCUT2D eigenvalue weighted by atomic mass is 9.60. The van der Waals surface area contributed by atoms with Crippen LogP contribution in [0.1, 0.15) is 122 Å². The van der Waals surface area contributed by atoms with Gasteiger partial charge in [0.15, 0.2) is 0 Å². The van der Waals surface area contributed by atoms with Crippen molar-refractivity contribution in [3.05, 3.63) is 12.7 Å². The number of hydrogen-bond acceptors (Lipinski definition) is 0. The number of fused-ring (bicyclic) bond motifs is 1. The molecule has 0 aromatic heterocycles. The molecule has 4 aliphatic rings. The first-order chi connectivity index (χ1) is 14.2. The summed E-state index contributed by atoms with van der Waals surface area (Å²) >= 11 is 0. The average molecular weight is 399 g/mol. The third-order valence-electron chi connectivity index (χ3n) is 10.2. The highest BCUT2D eigenvalue weighted by atomic mass is 14.4. The van der Waals surface area contributed by atoms with Crippen LogP contribution >= 0.6 is 0 Å². The van der Waals surface area contributed by atoms with E-state index in [2.05, 4.69) is 19.6 Å². The molecule has 4 rings (SSSR count). The second-order valence-electron chi connectivity index (χ2n) is 11.9. The summed E-state index contributed by atoms with van der Waals surface area (Å²) in [5.74, 6) is 8.47. The van der Waals surface area contributed by atoms with Crippen LogP contribution < -0.4 is 0 Å². The highest BCUT2D eigenvalue weighted by Crippen LogP contribution is 2.50. The van der Waals surface area contributed by atoms with Crippen molar-refractivity contribution in [3.8, 4) is 0 Å². The van der Waals surface area contributed by atoms with Crippen LogP contribution in [0, 0.1) is 47.3 Å². The molecule has 4 fully saturated rings. The average Bonchev–Trinajstić information content (AvgIpc) is 2.78. The van der Waals surface area contributed by atoms with Crippen molar-refractivity contribution in [2.45, 2.75) is 122 Å². The molecule has 4 aliphatic carbocycles. The van der Waals surface area contributed by atoms with Gasteiger partial charge in [0.05, 0.1) is 0 Å². The molecule has 0 aromatic rings. The molecule has 0 saturated heterocycles. The Morgan fingerprint density at radius 2 is 1.03 bits per heavy atom. The molecule has 4 saturated carbocycles. The Kier molecular flexibility index (Phi) is 8.22. The molecule has 0 heteroatoms. The first-order valence-electron chi connectivity index (χ1n) is 13.9. The van der Waals surface area contributed by atoms with Crippen LogP contribution in [0.5, 0.6) is 0 Å². The van der Waals surface area contributed by atoms with Gasteiger partial charge in [-0.05, 0) is 118 Å². The van der Waals surface area contributed by atoms with Crippen LogP contribution in [0.25, 0.3) is 0 Å². The van der Waals surface area contributed by atoms with Crippen molar-refractivity contribution < 1.29 is 0 Å². The maximum absolute atomic E-state index is 4.01. The quantitative estimate of drug-likeness (QED) is 0.375. The normalized spacial score (nSPS) is 43.5. The zero-order valence-corrected chi connectivity index (χ0v) is 19.6. The molecule has 0 bridgehead atoms. The Balaban J connectivity index is 1.16. The lowest BCUT2D eigenvalue weighted by Gasteiger charge is -2.45. The van der Waals surface area contributed by atoms with Crippen LogP contribution in [-0.2, 0) is 0 Å². The minimum atomic E-state index is 0.832. The van der Waals surface area contributed by atoms with Gasteiger partial charge in [0.1, 0.15) is 0 Å². The minimum absolute atomic E-state index is 0.832. The van der Waals surface area contributed by atoms with Crippen molar-refractivity contribution in [2.75, 3.05) is 0 Å². The molecular weight excluding hydrogens is 348 g/mol. The molecule has 0 nitrogen and oxygen atoms in total. The van der Waals surface area contributed by atoms with Gasteiger partial charge in [-0.1, -0.05) is 57.9 Å². The smallest absolute Gasteiger partial charge is 0.0236 e. The minimum Gasteiger partial charge on any atom is -0.103 e. The van der Waals surface area contributed by atoms with Gasteiger partial charge in [0.2, 0.25) is 0 Å². The molecule has 0 amide bonds. The molecule has 29 heavy (non-hydrogen) atoms. The van der Waals surface area contributed by atoms with Crippen LogP contribution in [0.15, 0.2) is 12.7 Å². The third kappa shape index (κ3) is 5.92. The fraction of sp³-hybridized carbons (Fsp3) is 0.931. The Labute approximate surface area is 182 Å². The Morgan fingerprint density at radius 3 is 1.72 bits per heavy atom. The molecule has 166 valence electrons. The monoisotopic (exact) mass is 398 g/mol. The van der Waals surface area contributed by atoms with Gasteiger partial charge in [-0.2, -0.15) is 0 Å². The van der Waals surface area contributed by atoms with Crippen LogP contribution in [-0.4, -0.2) is 0 Å². The van der Waals surface area contributed by atoms with Gasteiger partial charge in [-0.15, -0.1) is 6.58 Å². The SMILES string of the molecule is C=CC1CCC(CCC2CCC3CC(C4CCC(CCC)CC4)CCC3C2)CC1. The summed E-state index contributed by atoms with van der Waals surface area (Å²) in [6.07, 6.45) is 29.8. The molecule has 0 aliphatic heterocycles. The molecule has 0 radical (unpaired) electrons. The van der Waals surface area contributed by atoms with E-state index in [4.69, 9.17) is 0 Å². The fourth-order valence-electron chi connectivity index (χ4n) is 8.25. The van der Waals surface area contributed by atoms with Crippen molar-refractivity contribution in [3.63, 3.8) is 0 Å². The van der Waals surface area contributed by atoms with Crippen LogP contribution in [0.3, 0.4) is 0 Å². The Hall–Kier alpha value is -0.260. The van der Waals surface area contributed by atoms with Crippen molar-refractivity contribution in [1.29, 1.82) is 0 Å². The number of hydrogen-bond donors (Lipinski definition) is 0. The summed E-state index contributed by atoms with van der Waals surface area (Å²) in [4.78, 5) is 0. The van der Waals surface area contributed by atoms with E-state index in [1.165, 1.54) is 44.9 Å². The van der Waals surface area contributed by atoms with E-state index < -0.39 is 0 Å². The Bertz CT molecular complexity index is 476. The maximum Gasteiger partial charge on any atom is -0.0236 e.